The smallest absolute Gasteiger partial charge is 0.236 e. The van der Waals surface area contributed by atoms with E-state index in [-0.39, 0.29) is 11.9 Å². The van der Waals surface area contributed by atoms with E-state index < -0.39 is 0 Å². The summed E-state index contributed by atoms with van der Waals surface area (Å²) in [6.07, 6.45) is 1.03. The summed E-state index contributed by atoms with van der Waals surface area (Å²) in [4.78, 5) is 11.5. The van der Waals surface area contributed by atoms with Gasteiger partial charge < -0.3 is 10.6 Å². The molecule has 0 rings (SSSR count). The summed E-state index contributed by atoms with van der Waals surface area (Å²) in [5, 5.41) is 6.01. The number of hydrogen-bond donors (Lipinski definition) is 2. The third-order valence-corrected chi connectivity index (χ3v) is 2.12. The minimum absolute atomic E-state index is 0.0666. The Bertz CT molecular complexity index is 212. The van der Waals surface area contributed by atoms with Crippen LogP contribution in [0.1, 0.15) is 34.1 Å². The summed E-state index contributed by atoms with van der Waals surface area (Å²) in [6, 6.07) is -0.145. The van der Waals surface area contributed by atoms with Crippen molar-refractivity contribution in [3.8, 4) is 0 Å². The van der Waals surface area contributed by atoms with Gasteiger partial charge in [0.15, 0.2) is 0 Å². The van der Waals surface area contributed by atoms with Gasteiger partial charge in [0, 0.05) is 13.1 Å². The Morgan fingerprint density at radius 1 is 1.33 bits per heavy atom. The van der Waals surface area contributed by atoms with Gasteiger partial charge in [-0.15, -0.1) is 0 Å². The van der Waals surface area contributed by atoms with Gasteiger partial charge in [0.1, 0.15) is 0 Å². The molecule has 0 fully saturated rings. The summed E-state index contributed by atoms with van der Waals surface area (Å²) < 4.78 is 0. The highest BCUT2D eigenvalue weighted by atomic mass is 16.2. The number of rotatable bonds is 7. The van der Waals surface area contributed by atoms with Crippen molar-refractivity contribution in [2.45, 2.75) is 40.2 Å². The normalized spacial score (nSPS) is 12.6. The van der Waals surface area contributed by atoms with Crippen LogP contribution < -0.4 is 10.6 Å². The van der Waals surface area contributed by atoms with Gasteiger partial charge in [-0.3, -0.25) is 4.79 Å². The van der Waals surface area contributed by atoms with E-state index in [0.29, 0.717) is 12.5 Å². The number of amides is 1. The second kappa shape index (κ2) is 7.46. The van der Waals surface area contributed by atoms with E-state index >= 15 is 0 Å². The highest BCUT2D eigenvalue weighted by Crippen LogP contribution is 1.96. The molecule has 0 aromatic heterocycles. The van der Waals surface area contributed by atoms with Crippen LogP contribution >= 0.6 is 0 Å². The molecule has 0 spiro atoms. The predicted molar refractivity (Wildman–Crippen MR) is 64.7 cm³/mol. The monoisotopic (exact) mass is 212 g/mol. The molecule has 0 aliphatic heterocycles. The van der Waals surface area contributed by atoms with Crippen LogP contribution in [-0.4, -0.2) is 25.0 Å². The van der Waals surface area contributed by atoms with Crippen LogP contribution in [0.5, 0.6) is 0 Å². The highest BCUT2D eigenvalue weighted by molar-refractivity contribution is 5.81. The summed E-state index contributed by atoms with van der Waals surface area (Å²) in [5.41, 5.74) is 1.04. The van der Waals surface area contributed by atoms with E-state index in [1.54, 1.807) is 0 Å². The predicted octanol–water partition coefficient (Wildman–Crippen LogP) is 1.70. The minimum Gasteiger partial charge on any atom is -0.355 e. The molecule has 0 saturated heterocycles. The maximum atomic E-state index is 11.5. The fraction of sp³-hybridized carbons (Fsp3) is 0.750. The van der Waals surface area contributed by atoms with Gasteiger partial charge in [0.25, 0.3) is 0 Å². The first-order chi connectivity index (χ1) is 6.93. The van der Waals surface area contributed by atoms with Gasteiger partial charge in [-0.1, -0.05) is 26.0 Å². The molecular formula is C12H24N2O. The van der Waals surface area contributed by atoms with Crippen molar-refractivity contribution in [3.63, 3.8) is 0 Å². The fourth-order valence-electron chi connectivity index (χ4n) is 1.06. The lowest BCUT2D eigenvalue weighted by Crippen LogP contribution is -2.43. The Kier molecular flexibility index (Phi) is 7.05. The molecular weight excluding hydrogens is 188 g/mol. The Hall–Kier alpha value is -0.830. The zero-order valence-electron chi connectivity index (χ0n) is 10.4. The van der Waals surface area contributed by atoms with Crippen molar-refractivity contribution < 1.29 is 4.79 Å². The lowest BCUT2D eigenvalue weighted by Gasteiger charge is -2.14. The van der Waals surface area contributed by atoms with Crippen LogP contribution in [0.4, 0.5) is 0 Å². The SMILES string of the molecule is C=C(C)CNC(C)C(=O)NCCC(C)C. The minimum atomic E-state index is -0.145. The van der Waals surface area contributed by atoms with E-state index in [9.17, 15) is 4.79 Å². The highest BCUT2D eigenvalue weighted by Gasteiger charge is 2.10. The molecule has 0 aliphatic rings. The quantitative estimate of drug-likeness (QED) is 0.631. The number of nitrogens with one attached hydrogen (secondary N) is 2. The average molecular weight is 212 g/mol. The average Bonchev–Trinajstić information content (AvgIpc) is 2.13. The van der Waals surface area contributed by atoms with Crippen LogP contribution in [0.3, 0.4) is 0 Å². The van der Waals surface area contributed by atoms with Crippen LogP contribution in [0.2, 0.25) is 0 Å². The molecule has 3 heteroatoms. The van der Waals surface area contributed by atoms with Crippen molar-refractivity contribution in [1.82, 2.24) is 10.6 Å². The summed E-state index contributed by atoms with van der Waals surface area (Å²) in [5.74, 6) is 0.695. The third-order valence-electron chi connectivity index (χ3n) is 2.12. The summed E-state index contributed by atoms with van der Waals surface area (Å²) >= 11 is 0. The molecule has 0 heterocycles. The zero-order valence-corrected chi connectivity index (χ0v) is 10.4. The second-order valence-corrected chi connectivity index (χ2v) is 4.53. The van der Waals surface area contributed by atoms with Crippen molar-refractivity contribution in [2.75, 3.05) is 13.1 Å². The Balaban J connectivity index is 3.64. The van der Waals surface area contributed by atoms with Crippen LogP contribution in [0, 0.1) is 5.92 Å². The van der Waals surface area contributed by atoms with Crippen molar-refractivity contribution in [2.24, 2.45) is 5.92 Å². The molecule has 0 aromatic carbocycles. The van der Waals surface area contributed by atoms with Crippen molar-refractivity contribution in [3.05, 3.63) is 12.2 Å². The molecule has 1 unspecified atom stereocenters. The van der Waals surface area contributed by atoms with Gasteiger partial charge in [0.05, 0.1) is 6.04 Å². The second-order valence-electron chi connectivity index (χ2n) is 4.53. The topological polar surface area (TPSA) is 41.1 Å². The van der Waals surface area contributed by atoms with Gasteiger partial charge in [-0.2, -0.15) is 0 Å². The molecule has 0 bridgehead atoms. The van der Waals surface area contributed by atoms with E-state index in [4.69, 9.17) is 0 Å². The lowest BCUT2D eigenvalue weighted by molar-refractivity contribution is -0.122. The van der Waals surface area contributed by atoms with Gasteiger partial charge in [-0.05, 0) is 26.2 Å². The van der Waals surface area contributed by atoms with Gasteiger partial charge in [-0.25, -0.2) is 0 Å². The molecule has 3 nitrogen and oxygen atoms in total. The first-order valence-electron chi connectivity index (χ1n) is 5.59. The zero-order chi connectivity index (χ0) is 11.8. The summed E-state index contributed by atoms with van der Waals surface area (Å²) in [7, 11) is 0. The first-order valence-corrected chi connectivity index (χ1v) is 5.59. The number of carbonyl (C=O) groups excluding carboxylic acids is 1. The van der Waals surface area contributed by atoms with Gasteiger partial charge in [0.2, 0.25) is 5.91 Å². The fourth-order valence-corrected chi connectivity index (χ4v) is 1.06. The Morgan fingerprint density at radius 2 is 1.93 bits per heavy atom. The van der Waals surface area contributed by atoms with Crippen molar-refractivity contribution in [1.29, 1.82) is 0 Å². The lowest BCUT2D eigenvalue weighted by atomic mass is 10.1. The third kappa shape index (κ3) is 8.18. The maximum Gasteiger partial charge on any atom is 0.236 e. The maximum absolute atomic E-state index is 11.5. The van der Waals surface area contributed by atoms with E-state index in [1.165, 1.54) is 0 Å². The van der Waals surface area contributed by atoms with Crippen molar-refractivity contribution >= 4 is 5.91 Å². The number of carbonyl (C=O) groups is 1. The van der Waals surface area contributed by atoms with Crippen LogP contribution in [0.25, 0.3) is 0 Å². The Labute approximate surface area is 93.3 Å². The Morgan fingerprint density at radius 3 is 2.40 bits per heavy atom. The van der Waals surface area contributed by atoms with E-state index in [0.717, 1.165) is 18.5 Å². The standard InChI is InChI=1S/C12H24N2O/c1-9(2)6-7-13-12(15)11(5)14-8-10(3)4/h9,11,14H,3,6-8H2,1-2,4-5H3,(H,13,15). The molecule has 0 saturated carbocycles. The molecule has 88 valence electrons. The molecule has 15 heavy (non-hydrogen) atoms. The summed E-state index contributed by atoms with van der Waals surface area (Å²) in [6.45, 7) is 13.3. The largest absolute Gasteiger partial charge is 0.355 e. The first kappa shape index (κ1) is 14.2. The molecule has 1 amide bonds. The molecule has 0 radical (unpaired) electrons. The van der Waals surface area contributed by atoms with E-state index in [2.05, 4.69) is 31.1 Å². The molecule has 1 atom stereocenters. The van der Waals surface area contributed by atoms with Gasteiger partial charge >= 0.3 is 0 Å². The molecule has 0 aromatic rings. The molecule has 0 aliphatic carbocycles. The van der Waals surface area contributed by atoms with Crippen LogP contribution in [-0.2, 0) is 4.79 Å². The molecule has 2 N–H and O–H groups in total. The van der Waals surface area contributed by atoms with Crippen LogP contribution in [0.15, 0.2) is 12.2 Å². The number of hydrogen-bond acceptors (Lipinski definition) is 2. The van der Waals surface area contributed by atoms with E-state index in [1.807, 2.05) is 13.8 Å².